The quantitative estimate of drug-likeness (QED) is 0.445. The van der Waals surface area contributed by atoms with Gasteiger partial charge in [-0.1, -0.05) is 25.1 Å². The molecule has 0 aliphatic heterocycles. The second-order valence-electron chi connectivity index (χ2n) is 4.73. The number of nitrogens with zero attached hydrogens (tertiary/aromatic N) is 2. The summed E-state index contributed by atoms with van der Waals surface area (Å²) in [6, 6.07) is 10.6. The molecular formula is C15H22N4S. The lowest BCUT2D eigenvalue weighted by atomic mass is 10.2. The van der Waals surface area contributed by atoms with E-state index in [-0.39, 0.29) is 6.04 Å². The number of hydrogen-bond donors (Lipinski definition) is 2. The molecule has 1 aromatic carbocycles. The molecule has 0 saturated heterocycles. The number of nitrogens with one attached hydrogen (secondary N) is 1. The Morgan fingerprint density at radius 2 is 2.15 bits per heavy atom. The van der Waals surface area contributed by atoms with Gasteiger partial charge in [-0.3, -0.25) is 11.3 Å². The first-order valence-corrected chi connectivity index (χ1v) is 7.96. The van der Waals surface area contributed by atoms with Crippen LogP contribution < -0.4 is 11.3 Å². The van der Waals surface area contributed by atoms with Crippen molar-refractivity contribution in [1.29, 1.82) is 0 Å². The second kappa shape index (κ2) is 8.09. The summed E-state index contributed by atoms with van der Waals surface area (Å²) in [7, 11) is 0. The third kappa shape index (κ3) is 4.37. The van der Waals surface area contributed by atoms with E-state index in [1.54, 1.807) is 0 Å². The van der Waals surface area contributed by atoms with Crippen LogP contribution in [0.5, 0.6) is 0 Å². The van der Waals surface area contributed by atoms with Crippen LogP contribution in [0.1, 0.15) is 19.2 Å². The van der Waals surface area contributed by atoms with Crippen LogP contribution in [0, 0.1) is 0 Å². The van der Waals surface area contributed by atoms with Crippen LogP contribution in [-0.2, 0) is 13.0 Å². The summed E-state index contributed by atoms with van der Waals surface area (Å²) in [4.78, 5) is 5.70. The minimum Gasteiger partial charge on any atom is -0.335 e. The van der Waals surface area contributed by atoms with Gasteiger partial charge in [-0.25, -0.2) is 4.98 Å². The molecule has 0 bridgehead atoms. The molecule has 0 saturated carbocycles. The average Bonchev–Trinajstić information content (AvgIpc) is 2.92. The van der Waals surface area contributed by atoms with E-state index in [9.17, 15) is 0 Å². The molecule has 0 fully saturated rings. The van der Waals surface area contributed by atoms with Gasteiger partial charge in [-0.05, 0) is 18.6 Å². The molecule has 0 amide bonds. The number of benzene rings is 1. The lowest BCUT2D eigenvalue weighted by Gasteiger charge is -2.16. The molecule has 3 N–H and O–H groups in total. The largest absolute Gasteiger partial charge is 0.335 e. The second-order valence-corrected chi connectivity index (χ2v) is 5.82. The van der Waals surface area contributed by atoms with E-state index in [2.05, 4.69) is 46.2 Å². The van der Waals surface area contributed by atoms with Gasteiger partial charge in [0.25, 0.3) is 0 Å². The summed E-state index contributed by atoms with van der Waals surface area (Å²) in [6.45, 7) is 3.19. The number of thioether (sulfide) groups is 1. The molecule has 1 unspecified atom stereocenters. The van der Waals surface area contributed by atoms with Crippen LogP contribution in [0.3, 0.4) is 0 Å². The van der Waals surface area contributed by atoms with Gasteiger partial charge in [0, 0.05) is 42.0 Å². The van der Waals surface area contributed by atoms with E-state index in [0.29, 0.717) is 0 Å². The lowest BCUT2D eigenvalue weighted by molar-refractivity contribution is 0.535. The maximum absolute atomic E-state index is 5.68. The molecular weight excluding hydrogens is 268 g/mol. The molecule has 20 heavy (non-hydrogen) atoms. The van der Waals surface area contributed by atoms with Gasteiger partial charge in [0.2, 0.25) is 0 Å². The molecule has 0 aliphatic carbocycles. The summed E-state index contributed by atoms with van der Waals surface area (Å²) < 4.78 is 2.21. The first-order valence-electron chi connectivity index (χ1n) is 6.97. The number of nitrogens with two attached hydrogens (primary N) is 1. The predicted octanol–water partition coefficient (Wildman–Crippen LogP) is 2.46. The van der Waals surface area contributed by atoms with E-state index >= 15 is 0 Å². The standard InChI is InChI=1S/C15H22N4S/c1-2-9-19-10-8-17-15(19)11-13(18-16)12-20-14-6-4-3-5-7-14/h3-8,10,13,18H,2,9,11-12,16H2,1H3. The highest BCUT2D eigenvalue weighted by molar-refractivity contribution is 7.99. The molecule has 0 radical (unpaired) electrons. The zero-order valence-electron chi connectivity index (χ0n) is 11.8. The third-order valence-electron chi connectivity index (χ3n) is 3.13. The van der Waals surface area contributed by atoms with Crippen molar-refractivity contribution in [3.05, 3.63) is 48.5 Å². The van der Waals surface area contributed by atoms with Crippen LogP contribution in [0.15, 0.2) is 47.6 Å². The van der Waals surface area contributed by atoms with Crippen LogP contribution in [0.4, 0.5) is 0 Å². The fourth-order valence-electron chi connectivity index (χ4n) is 2.07. The summed E-state index contributed by atoms with van der Waals surface area (Å²) in [5.74, 6) is 7.71. The van der Waals surface area contributed by atoms with Crippen molar-refractivity contribution in [3.8, 4) is 0 Å². The van der Waals surface area contributed by atoms with Gasteiger partial charge >= 0.3 is 0 Å². The molecule has 2 rings (SSSR count). The van der Waals surface area contributed by atoms with Crippen LogP contribution in [-0.4, -0.2) is 21.3 Å². The van der Waals surface area contributed by atoms with E-state index < -0.39 is 0 Å². The molecule has 108 valence electrons. The maximum atomic E-state index is 5.68. The fraction of sp³-hybridized carbons (Fsp3) is 0.400. The highest BCUT2D eigenvalue weighted by atomic mass is 32.2. The predicted molar refractivity (Wildman–Crippen MR) is 84.5 cm³/mol. The summed E-state index contributed by atoms with van der Waals surface area (Å²) in [6.07, 6.45) is 5.87. The fourth-order valence-corrected chi connectivity index (χ4v) is 3.03. The third-order valence-corrected chi connectivity index (χ3v) is 4.30. The number of aryl methyl sites for hydroxylation is 1. The Balaban J connectivity index is 1.90. The first kappa shape index (κ1) is 15.1. The number of hydrogen-bond acceptors (Lipinski definition) is 4. The van der Waals surface area contributed by atoms with E-state index in [1.165, 1.54) is 4.90 Å². The van der Waals surface area contributed by atoms with Crippen molar-refractivity contribution in [2.24, 2.45) is 5.84 Å². The number of aromatic nitrogens is 2. The van der Waals surface area contributed by atoms with Crippen molar-refractivity contribution in [3.63, 3.8) is 0 Å². The van der Waals surface area contributed by atoms with Crippen molar-refractivity contribution >= 4 is 11.8 Å². The van der Waals surface area contributed by atoms with Crippen molar-refractivity contribution < 1.29 is 0 Å². The summed E-state index contributed by atoms with van der Waals surface area (Å²) >= 11 is 1.81. The molecule has 4 nitrogen and oxygen atoms in total. The molecule has 0 spiro atoms. The number of hydrazine groups is 1. The van der Waals surface area contributed by atoms with Crippen molar-refractivity contribution in [2.75, 3.05) is 5.75 Å². The highest BCUT2D eigenvalue weighted by Crippen LogP contribution is 2.18. The van der Waals surface area contributed by atoms with E-state index in [4.69, 9.17) is 5.84 Å². The highest BCUT2D eigenvalue weighted by Gasteiger charge is 2.12. The van der Waals surface area contributed by atoms with Crippen molar-refractivity contribution in [2.45, 2.75) is 37.2 Å². The Kier molecular flexibility index (Phi) is 6.11. The molecule has 0 aliphatic rings. The topological polar surface area (TPSA) is 55.9 Å². The molecule has 1 aromatic heterocycles. The lowest BCUT2D eigenvalue weighted by Crippen LogP contribution is -2.39. The van der Waals surface area contributed by atoms with Crippen LogP contribution in [0.25, 0.3) is 0 Å². The van der Waals surface area contributed by atoms with Crippen LogP contribution in [0.2, 0.25) is 0 Å². The van der Waals surface area contributed by atoms with E-state index in [0.717, 1.165) is 31.0 Å². The van der Waals surface area contributed by atoms with Gasteiger partial charge in [0.1, 0.15) is 5.82 Å². The van der Waals surface area contributed by atoms with Gasteiger partial charge in [-0.15, -0.1) is 11.8 Å². The van der Waals surface area contributed by atoms with Gasteiger partial charge in [0.15, 0.2) is 0 Å². The van der Waals surface area contributed by atoms with Gasteiger partial charge < -0.3 is 4.57 Å². The minimum atomic E-state index is 0.221. The Bertz CT molecular complexity index is 498. The Labute approximate surface area is 124 Å². The monoisotopic (exact) mass is 290 g/mol. The van der Waals surface area contributed by atoms with E-state index in [1.807, 2.05) is 30.2 Å². The zero-order chi connectivity index (χ0) is 14.2. The van der Waals surface area contributed by atoms with Crippen molar-refractivity contribution in [1.82, 2.24) is 15.0 Å². The smallest absolute Gasteiger partial charge is 0.110 e. The Hall–Kier alpha value is -1.30. The minimum absolute atomic E-state index is 0.221. The molecule has 1 heterocycles. The Morgan fingerprint density at radius 3 is 2.85 bits per heavy atom. The maximum Gasteiger partial charge on any atom is 0.110 e. The SMILES string of the molecule is CCCn1ccnc1CC(CSc1ccccc1)NN. The Morgan fingerprint density at radius 1 is 1.35 bits per heavy atom. The summed E-state index contributed by atoms with van der Waals surface area (Å²) in [5.41, 5.74) is 2.91. The molecule has 1 atom stereocenters. The normalized spacial score (nSPS) is 12.5. The first-order chi connectivity index (χ1) is 9.83. The zero-order valence-corrected chi connectivity index (χ0v) is 12.6. The summed E-state index contributed by atoms with van der Waals surface area (Å²) in [5, 5.41) is 0. The van der Waals surface area contributed by atoms with Gasteiger partial charge in [0.05, 0.1) is 0 Å². The number of rotatable bonds is 8. The number of imidazole rings is 1. The average molecular weight is 290 g/mol. The van der Waals surface area contributed by atoms with Gasteiger partial charge in [-0.2, -0.15) is 0 Å². The van der Waals surface area contributed by atoms with Crippen LogP contribution >= 0.6 is 11.8 Å². The molecule has 5 heteroatoms. The molecule has 2 aromatic rings.